The number of hydrogen-bond acceptors (Lipinski definition) is 4. The van der Waals surface area contributed by atoms with E-state index in [-0.39, 0.29) is 17.5 Å². The summed E-state index contributed by atoms with van der Waals surface area (Å²) >= 11 is 0. The number of nitrogens with one attached hydrogen (secondary N) is 1. The highest BCUT2D eigenvalue weighted by Crippen LogP contribution is 2.35. The second kappa shape index (κ2) is 5.81. The Kier molecular flexibility index (Phi) is 3.60. The molecule has 0 unspecified atom stereocenters. The molecule has 0 radical (unpaired) electrons. The number of amides is 1. The molecule has 1 saturated carbocycles. The molecule has 0 saturated heterocycles. The molecule has 0 bridgehead atoms. The van der Waals surface area contributed by atoms with E-state index in [0.29, 0.717) is 22.3 Å². The van der Waals surface area contributed by atoms with Gasteiger partial charge >= 0.3 is 0 Å². The lowest BCUT2D eigenvalue weighted by Crippen LogP contribution is -2.14. The Bertz CT molecular complexity index is 998. The van der Waals surface area contributed by atoms with Crippen molar-refractivity contribution in [2.24, 2.45) is 5.92 Å². The van der Waals surface area contributed by atoms with Gasteiger partial charge in [0, 0.05) is 41.0 Å². The van der Waals surface area contributed by atoms with Crippen LogP contribution in [0.3, 0.4) is 0 Å². The molecule has 3 aromatic rings. The van der Waals surface area contributed by atoms with Crippen LogP contribution in [0.4, 0.5) is 15.9 Å². The summed E-state index contributed by atoms with van der Waals surface area (Å²) in [5, 5.41) is 4.04. The summed E-state index contributed by atoms with van der Waals surface area (Å²) in [6.45, 7) is 1.89. The Balaban J connectivity index is 1.83. The molecule has 1 aliphatic rings. The molecule has 1 aliphatic carbocycles. The smallest absolute Gasteiger partial charge is 0.228 e. The summed E-state index contributed by atoms with van der Waals surface area (Å²) < 4.78 is 14.8. The van der Waals surface area contributed by atoms with Gasteiger partial charge in [-0.3, -0.25) is 9.78 Å². The molecule has 2 aromatic heterocycles. The van der Waals surface area contributed by atoms with Crippen molar-refractivity contribution in [2.45, 2.75) is 19.8 Å². The summed E-state index contributed by atoms with van der Waals surface area (Å²) in [5.41, 5.74) is 8.02. The highest BCUT2D eigenvalue weighted by Gasteiger charge is 2.29. The number of nitrogen functional groups attached to an aromatic ring is 1. The van der Waals surface area contributed by atoms with Crippen molar-refractivity contribution >= 4 is 28.2 Å². The van der Waals surface area contributed by atoms with Crippen LogP contribution < -0.4 is 11.1 Å². The summed E-state index contributed by atoms with van der Waals surface area (Å²) in [6.07, 6.45) is 6.62. The zero-order chi connectivity index (χ0) is 17.6. The van der Waals surface area contributed by atoms with Crippen LogP contribution in [0.1, 0.15) is 18.4 Å². The van der Waals surface area contributed by atoms with Crippen LogP contribution in [-0.2, 0) is 4.79 Å². The minimum absolute atomic E-state index is 0.0229. The van der Waals surface area contributed by atoms with Crippen molar-refractivity contribution in [1.82, 2.24) is 9.97 Å². The fourth-order valence-corrected chi connectivity index (χ4v) is 2.88. The van der Waals surface area contributed by atoms with Crippen molar-refractivity contribution in [3.05, 3.63) is 48.2 Å². The molecule has 2 heterocycles. The van der Waals surface area contributed by atoms with Crippen molar-refractivity contribution in [3.63, 3.8) is 0 Å². The molecule has 0 spiro atoms. The largest absolute Gasteiger partial charge is 0.396 e. The Hall–Kier alpha value is -3.02. The molecule has 0 atom stereocenters. The van der Waals surface area contributed by atoms with Crippen molar-refractivity contribution in [3.8, 4) is 11.1 Å². The van der Waals surface area contributed by atoms with E-state index in [4.69, 9.17) is 5.73 Å². The van der Waals surface area contributed by atoms with Crippen molar-refractivity contribution in [2.75, 3.05) is 11.1 Å². The number of fused-ring (bicyclic) bond motifs is 1. The zero-order valence-electron chi connectivity index (χ0n) is 13.7. The van der Waals surface area contributed by atoms with E-state index in [1.54, 1.807) is 24.5 Å². The van der Waals surface area contributed by atoms with Crippen LogP contribution in [-0.4, -0.2) is 15.9 Å². The molecule has 0 aliphatic heterocycles. The summed E-state index contributed by atoms with van der Waals surface area (Å²) in [5.74, 6) is 0.0269. The number of anilines is 2. The SMILES string of the molecule is Cc1ccncc1-c1cc2cc(NC(=O)C3CC3)ncc2c(N)c1F. The van der Waals surface area contributed by atoms with Crippen LogP contribution >= 0.6 is 0 Å². The van der Waals surface area contributed by atoms with Crippen LogP contribution in [0.25, 0.3) is 21.9 Å². The first-order chi connectivity index (χ1) is 12.0. The molecule has 1 aromatic carbocycles. The monoisotopic (exact) mass is 336 g/mol. The van der Waals surface area contributed by atoms with E-state index in [9.17, 15) is 9.18 Å². The number of carbonyl (C=O) groups excluding carboxylic acids is 1. The third-order valence-electron chi connectivity index (χ3n) is 4.53. The minimum atomic E-state index is -0.486. The number of halogens is 1. The Morgan fingerprint density at radius 1 is 1.28 bits per heavy atom. The first-order valence-electron chi connectivity index (χ1n) is 8.14. The number of carbonyl (C=O) groups is 1. The lowest BCUT2D eigenvalue weighted by atomic mass is 9.98. The molecule has 126 valence electrons. The second-order valence-corrected chi connectivity index (χ2v) is 6.40. The zero-order valence-corrected chi connectivity index (χ0v) is 13.7. The Labute approximate surface area is 144 Å². The fraction of sp³-hybridized carbons (Fsp3) is 0.211. The number of aryl methyl sites for hydroxylation is 1. The summed E-state index contributed by atoms with van der Waals surface area (Å²) in [4.78, 5) is 20.2. The predicted octanol–water partition coefficient (Wildman–Crippen LogP) is 3.68. The standard InChI is InChI=1S/C19H17FN4O/c1-10-4-5-22-8-14(10)13-6-12-7-16(24-19(25)11-2-3-11)23-9-15(12)18(21)17(13)20/h4-9,11H,2-3,21H2,1H3,(H,23,24,25). The van der Waals surface area contributed by atoms with Crippen LogP contribution in [0.5, 0.6) is 0 Å². The van der Waals surface area contributed by atoms with Gasteiger partial charge in [0.05, 0.1) is 5.69 Å². The molecule has 25 heavy (non-hydrogen) atoms. The fourth-order valence-electron chi connectivity index (χ4n) is 2.88. The van der Waals surface area contributed by atoms with Gasteiger partial charge < -0.3 is 11.1 Å². The normalized spacial score (nSPS) is 13.8. The number of nitrogens with zero attached hydrogens (tertiary/aromatic N) is 2. The number of rotatable bonds is 3. The molecular formula is C19H17FN4O. The Morgan fingerprint density at radius 3 is 2.80 bits per heavy atom. The van der Waals surface area contributed by atoms with Crippen molar-refractivity contribution < 1.29 is 9.18 Å². The molecule has 5 nitrogen and oxygen atoms in total. The second-order valence-electron chi connectivity index (χ2n) is 6.40. The molecule has 3 N–H and O–H groups in total. The highest BCUT2D eigenvalue weighted by atomic mass is 19.1. The number of nitrogens with two attached hydrogens (primary N) is 1. The van der Waals surface area contributed by atoms with Crippen LogP contribution in [0, 0.1) is 18.7 Å². The van der Waals surface area contributed by atoms with E-state index in [1.807, 2.05) is 13.0 Å². The van der Waals surface area contributed by atoms with Gasteiger partial charge in [-0.25, -0.2) is 9.37 Å². The number of benzene rings is 1. The maximum absolute atomic E-state index is 14.8. The first-order valence-corrected chi connectivity index (χ1v) is 8.14. The number of hydrogen-bond donors (Lipinski definition) is 2. The lowest BCUT2D eigenvalue weighted by Gasteiger charge is -2.12. The van der Waals surface area contributed by atoms with Gasteiger partial charge in [-0.2, -0.15) is 0 Å². The molecule has 4 rings (SSSR count). The highest BCUT2D eigenvalue weighted by molar-refractivity contribution is 6.00. The topological polar surface area (TPSA) is 80.9 Å². The third-order valence-corrected chi connectivity index (χ3v) is 4.53. The summed E-state index contributed by atoms with van der Waals surface area (Å²) in [7, 11) is 0. The number of pyridine rings is 2. The van der Waals surface area contributed by atoms with Gasteiger partial charge in [0.2, 0.25) is 5.91 Å². The van der Waals surface area contributed by atoms with E-state index < -0.39 is 5.82 Å². The lowest BCUT2D eigenvalue weighted by molar-refractivity contribution is -0.117. The van der Waals surface area contributed by atoms with E-state index in [1.165, 1.54) is 6.20 Å². The predicted molar refractivity (Wildman–Crippen MR) is 95.4 cm³/mol. The van der Waals surface area contributed by atoms with E-state index >= 15 is 0 Å². The molecule has 6 heteroatoms. The first kappa shape index (κ1) is 15.5. The van der Waals surface area contributed by atoms with Gasteiger partial charge in [-0.1, -0.05) is 0 Å². The Morgan fingerprint density at radius 2 is 2.08 bits per heavy atom. The molecule has 1 amide bonds. The maximum atomic E-state index is 14.8. The van der Waals surface area contributed by atoms with Gasteiger partial charge in [-0.05, 0) is 48.9 Å². The average molecular weight is 336 g/mol. The van der Waals surface area contributed by atoms with Crippen LogP contribution in [0.2, 0.25) is 0 Å². The average Bonchev–Trinajstić information content (AvgIpc) is 3.44. The van der Waals surface area contributed by atoms with Gasteiger partial charge in [0.25, 0.3) is 0 Å². The minimum Gasteiger partial charge on any atom is -0.396 e. The number of aromatic nitrogens is 2. The third kappa shape index (κ3) is 2.80. The van der Waals surface area contributed by atoms with E-state index in [2.05, 4.69) is 15.3 Å². The quantitative estimate of drug-likeness (QED) is 0.715. The van der Waals surface area contributed by atoms with E-state index in [0.717, 1.165) is 23.8 Å². The molecule has 1 fully saturated rings. The van der Waals surface area contributed by atoms with Gasteiger partial charge in [0.15, 0.2) is 5.82 Å². The van der Waals surface area contributed by atoms with Gasteiger partial charge in [-0.15, -0.1) is 0 Å². The van der Waals surface area contributed by atoms with Crippen molar-refractivity contribution in [1.29, 1.82) is 0 Å². The maximum Gasteiger partial charge on any atom is 0.228 e. The molecular weight excluding hydrogens is 319 g/mol. The van der Waals surface area contributed by atoms with Gasteiger partial charge in [0.1, 0.15) is 5.82 Å². The summed E-state index contributed by atoms with van der Waals surface area (Å²) in [6, 6.07) is 5.27. The van der Waals surface area contributed by atoms with Crippen LogP contribution in [0.15, 0.2) is 36.8 Å².